The van der Waals surface area contributed by atoms with Crippen LogP contribution < -0.4 is 20.2 Å². The van der Waals surface area contributed by atoms with Crippen LogP contribution in [0.1, 0.15) is 18.1 Å². The standard InChI is InChI=1S/C18H21N3O2S/c1-3-23-17-15(10-7-11-16(17)22-2)13-20-21-18(24)19-12-14-8-5-4-6-9-14/h4-11,13H,3,12H2,1-2H3,(H2,19,21,24)/b20-13+. The van der Waals surface area contributed by atoms with Crippen LogP contribution in [0, 0.1) is 0 Å². The molecule has 24 heavy (non-hydrogen) atoms. The molecule has 6 heteroatoms. The van der Waals surface area contributed by atoms with Crippen LogP contribution >= 0.6 is 12.2 Å². The highest BCUT2D eigenvalue weighted by Gasteiger charge is 2.08. The first-order valence-electron chi connectivity index (χ1n) is 7.65. The van der Waals surface area contributed by atoms with Gasteiger partial charge in [-0.05, 0) is 36.8 Å². The molecule has 2 aromatic rings. The van der Waals surface area contributed by atoms with E-state index in [0.29, 0.717) is 29.8 Å². The number of rotatable bonds is 7. The van der Waals surface area contributed by atoms with E-state index in [1.54, 1.807) is 13.3 Å². The van der Waals surface area contributed by atoms with Gasteiger partial charge in [-0.1, -0.05) is 36.4 Å². The van der Waals surface area contributed by atoms with Gasteiger partial charge < -0.3 is 14.8 Å². The molecule has 0 aliphatic carbocycles. The third kappa shape index (κ3) is 5.24. The van der Waals surface area contributed by atoms with Crippen LogP contribution in [-0.2, 0) is 6.54 Å². The monoisotopic (exact) mass is 343 g/mol. The second-order valence-electron chi connectivity index (χ2n) is 4.85. The molecule has 0 radical (unpaired) electrons. The predicted octanol–water partition coefficient (Wildman–Crippen LogP) is 3.09. The Hall–Kier alpha value is -2.60. The Labute approximate surface area is 147 Å². The zero-order valence-electron chi connectivity index (χ0n) is 13.8. The molecule has 0 heterocycles. The third-order valence-electron chi connectivity index (χ3n) is 3.18. The quantitative estimate of drug-likeness (QED) is 0.460. The Kier molecular flexibility index (Phi) is 7.04. The number of thiocarbonyl (C=S) groups is 1. The minimum absolute atomic E-state index is 0.455. The van der Waals surface area contributed by atoms with Crippen LogP contribution in [0.2, 0.25) is 0 Å². The molecule has 5 nitrogen and oxygen atoms in total. The fraction of sp³-hybridized carbons (Fsp3) is 0.222. The summed E-state index contributed by atoms with van der Waals surface area (Å²) < 4.78 is 10.9. The molecule has 0 amide bonds. The minimum Gasteiger partial charge on any atom is -0.493 e. The molecule has 0 bridgehead atoms. The van der Waals surface area contributed by atoms with Crippen LogP contribution in [0.4, 0.5) is 0 Å². The second-order valence-corrected chi connectivity index (χ2v) is 5.26. The minimum atomic E-state index is 0.455. The summed E-state index contributed by atoms with van der Waals surface area (Å²) in [6.07, 6.45) is 1.66. The lowest BCUT2D eigenvalue weighted by molar-refractivity contribution is 0.310. The van der Waals surface area contributed by atoms with E-state index >= 15 is 0 Å². The second kappa shape index (κ2) is 9.52. The summed E-state index contributed by atoms with van der Waals surface area (Å²) in [4.78, 5) is 0. The number of para-hydroxylation sites is 1. The normalized spacial score (nSPS) is 10.4. The van der Waals surface area contributed by atoms with E-state index in [0.717, 1.165) is 11.1 Å². The van der Waals surface area contributed by atoms with E-state index in [1.807, 2.05) is 55.5 Å². The highest BCUT2D eigenvalue weighted by Crippen LogP contribution is 2.29. The molecular weight excluding hydrogens is 322 g/mol. The zero-order valence-corrected chi connectivity index (χ0v) is 14.6. The lowest BCUT2D eigenvalue weighted by Crippen LogP contribution is -2.31. The van der Waals surface area contributed by atoms with Crippen molar-refractivity contribution in [3.05, 3.63) is 59.7 Å². The van der Waals surface area contributed by atoms with E-state index in [2.05, 4.69) is 15.8 Å². The maximum atomic E-state index is 5.63. The van der Waals surface area contributed by atoms with Gasteiger partial charge in [-0.3, -0.25) is 5.43 Å². The van der Waals surface area contributed by atoms with Gasteiger partial charge in [-0.25, -0.2) is 0 Å². The number of methoxy groups -OCH3 is 1. The van der Waals surface area contributed by atoms with Crippen molar-refractivity contribution in [2.45, 2.75) is 13.5 Å². The van der Waals surface area contributed by atoms with E-state index in [1.165, 1.54) is 0 Å². The average molecular weight is 343 g/mol. The largest absolute Gasteiger partial charge is 0.493 e. The molecule has 0 saturated carbocycles. The van der Waals surface area contributed by atoms with Crippen molar-refractivity contribution in [3.8, 4) is 11.5 Å². The van der Waals surface area contributed by atoms with Crippen molar-refractivity contribution in [1.82, 2.24) is 10.7 Å². The summed E-state index contributed by atoms with van der Waals surface area (Å²) in [5.41, 5.74) is 4.77. The number of nitrogens with one attached hydrogen (secondary N) is 2. The Bertz CT molecular complexity index is 690. The summed E-state index contributed by atoms with van der Waals surface area (Å²) in [7, 11) is 1.61. The van der Waals surface area contributed by atoms with E-state index < -0.39 is 0 Å². The van der Waals surface area contributed by atoms with Crippen LogP contribution in [0.5, 0.6) is 11.5 Å². The molecule has 0 fully saturated rings. The summed E-state index contributed by atoms with van der Waals surface area (Å²) in [6.45, 7) is 3.12. The van der Waals surface area contributed by atoms with Crippen LogP contribution in [0.15, 0.2) is 53.6 Å². The summed E-state index contributed by atoms with van der Waals surface area (Å²) >= 11 is 5.21. The van der Waals surface area contributed by atoms with Gasteiger partial charge in [0.25, 0.3) is 0 Å². The molecule has 0 aliphatic rings. The highest BCUT2D eigenvalue weighted by atomic mass is 32.1. The molecule has 2 aromatic carbocycles. The van der Waals surface area contributed by atoms with Gasteiger partial charge in [0, 0.05) is 12.1 Å². The van der Waals surface area contributed by atoms with Gasteiger partial charge in [0.05, 0.1) is 19.9 Å². The topological polar surface area (TPSA) is 54.9 Å². The van der Waals surface area contributed by atoms with E-state index in [-0.39, 0.29) is 0 Å². The number of hydrazone groups is 1. The summed E-state index contributed by atoms with van der Waals surface area (Å²) in [6, 6.07) is 15.7. The van der Waals surface area contributed by atoms with Gasteiger partial charge in [0.2, 0.25) is 0 Å². The fourth-order valence-corrected chi connectivity index (χ4v) is 2.20. The van der Waals surface area contributed by atoms with Crippen LogP contribution in [-0.4, -0.2) is 25.0 Å². The van der Waals surface area contributed by atoms with Gasteiger partial charge in [0.1, 0.15) is 0 Å². The maximum Gasteiger partial charge on any atom is 0.187 e. The smallest absolute Gasteiger partial charge is 0.187 e. The Morgan fingerprint density at radius 2 is 1.96 bits per heavy atom. The SMILES string of the molecule is CCOc1c(/C=N/NC(=S)NCc2ccccc2)cccc1OC. The van der Waals surface area contributed by atoms with Crippen molar-refractivity contribution in [2.24, 2.45) is 5.10 Å². The molecule has 0 spiro atoms. The van der Waals surface area contributed by atoms with Crippen LogP contribution in [0.25, 0.3) is 0 Å². The lowest BCUT2D eigenvalue weighted by Gasteiger charge is -2.11. The number of ether oxygens (including phenoxy) is 2. The first-order valence-corrected chi connectivity index (χ1v) is 8.06. The molecule has 126 valence electrons. The molecule has 0 atom stereocenters. The number of hydrogen-bond acceptors (Lipinski definition) is 4. The number of hydrogen-bond donors (Lipinski definition) is 2. The summed E-state index contributed by atoms with van der Waals surface area (Å²) in [5.74, 6) is 1.33. The average Bonchev–Trinajstić information content (AvgIpc) is 2.62. The highest BCUT2D eigenvalue weighted by molar-refractivity contribution is 7.80. The zero-order chi connectivity index (χ0) is 17.2. The van der Waals surface area contributed by atoms with Gasteiger partial charge >= 0.3 is 0 Å². The van der Waals surface area contributed by atoms with E-state index in [4.69, 9.17) is 21.7 Å². The number of nitrogens with zero attached hydrogens (tertiary/aromatic N) is 1. The van der Waals surface area contributed by atoms with Crippen LogP contribution in [0.3, 0.4) is 0 Å². The van der Waals surface area contributed by atoms with Crippen molar-refractivity contribution in [2.75, 3.05) is 13.7 Å². The molecule has 0 saturated heterocycles. The first-order chi connectivity index (χ1) is 11.7. The van der Waals surface area contributed by atoms with Crippen molar-refractivity contribution < 1.29 is 9.47 Å². The predicted molar refractivity (Wildman–Crippen MR) is 101 cm³/mol. The van der Waals surface area contributed by atoms with E-state index in [9.17, 15) is 0 Å². The Balaban J connectivity index is 1.92. The van der Waals surface area contributed by atoms with Gasteiger partial charge in [-0.2, -0.15) is 5.10 Å². The Morgan fingerprint density at radius 3 is 2.67 bits per heavy atom. The molecule has 0 aromatic heterocycles. The molecule has 2 rings (SSSR count). The molecule has 0 unspecified atom stereocenters. The molecule has 2 N–H and O–H groups in total. The van der Waals surface area contributed by atoms with Crippen molar-refractivity contribution in [3.63, 3.8) is 0 Å². The van der Waals surface area contributed by atoms with Gasteiger partial charge in [0.15, 0.2) is 16.6 Å². The lowest BCUT2D eigenvalue weighted by atomic mass is 10.2. The molecular formula is C18H21N3O2S. The Morgan fingerprint density at radius 1 is 1.17 bits per heavy atom. The molecule has 0 aliphatic heterocycles. The first kappa shape index (κ1) is 17.7. The summed E-state index contributed by atoms with van der Waals surface area (Å²) in [5, 5.41) is 7.71. The van der Waals surface area contributed by atoms with Gasteiger partial charge in [-0.15, -0.1) is 0 Å². The number of benzene rings is 2. The van der Waals surface area contributed by atoms with Crippen molar-refractivity contribution in [1.29, 1.82) is 0 Å². The third-order valence-corrected chi connectivity index (χ3v) is 3.42. The fourth-order valence-electron chi connectivity index (χ4n) is 2.07. The maximum absolute atomic E-state index is 5.63. The van der Waals surface area contributed by atoms with Crippen molar-refractivity contribution >= 4 is 23.5 Å².